The molecule has 2 heterocycles. The van der Waals surface area contributed by atoms with Gasteiger partial charge in [0.2, 0.25) is 11.8 Å². The highest BCUT2D eigenvalue weighted by molar-refractivity contribution is 8.00. The fourth-order valence-electron chi connectivity index (χ4n) is 6.22. The molecule has 3 aromatic carbocycles. The third-order valence-corrected chi connectivity index (χ3v) is 10.1. The number of aliphatic hydroxyl groups excluding tert-OH is 2. The van der Waals surface area contributed by atoms with Gasteiger partial charge in [0.1, 0.15) is 24.5 Å². The quantitative estimate of drug-likeness (QED) is 0.258. The molecule has 1 saturated heterocycles. The molecule has 0 spiro atoms. The molecule has 0 aliphatic carbocycles. The molecule has 0 bridgehead atoms. The van der Waals surface area contributed by atoms with Gasteiger partial charge in [-0.3, -0.25) is 14.5 Å². The second-order valence-corrected chi connectivity index (χ2v) is 14.0. The van der Waals surface area contributed by atoms with Crippen LogP contribution in [-0.2, 0) is 22.6 Å². The van der Waals surface area contributed by atoms with Crippen molar-refractivity contribution in [3.63, 3.8) is 0 Å². The van der Waals surface area contributed by atoms with Crippen LogP contribution in [0.4, 0.5) is 0 Å². The first-order valence-electron chi connectivity index (χ1n) is 15.2. The van der Waals surface area contributed by atoms with Crippen molar-refractivity contribution in [2.24, 2.45) is 5.92 Å². The van der Waals surface area contributed by atoms with E-state index in [1.165, 1.54) is 0 Å². The van der Waals surface area contributed by atoms with Gasteiger partial charge in [-0.2, -0.15) is 0 Å². The molecule has 4 N–H and O–H groups in total. The Morgan fingerprint density at radius 3 is 2.52 bits per heavy atom. The molecular formula is C35H43N3O5S. The summed E-state index contributed by atoms with van der Waals surface area (Å²) in [6.45, 7) is 6.95. The number of carbonyl (C=O) groups is 2. The van der Waals surface area contributed by atoms with E-state index < -0.39 is 30.2 Å². The Morgan fingerprint density at radius 2 is 1.75 bits per heavy atom. The fraction of sp³-hybridized carbons (Fsp3) is 0.429. The maximum Gasteiger partial charge on any atom is 0.239 e. The second kappa shape index (κ2) is 14.2. The molecule has 0 saturated carbocycles. The minimum Gasteiger partial charge on any atom is -0.490 e. The average molecular weight is 618 g/mol. The molecule has 8 nitrogen and oxygen atoms in total. The lowest BCUT2D eigenvalue weighted by molar-refractivity contribution is -0.129. The molecule has 3 aromatic rings. The summed E-state index contributed by atoms with van der Waals surface area (Å²) in [6.07, 6.45) is -1.09. The van der Waals surface area contributed by atoms with Crippen LogP contribution in [0.3, 0.4) is 0 Å². The fourth-order valence-corrected chi connectivity index (χ4v) is 7.38. The van der Waals surface area contributed by atoms with E-state index >= 15 is 0 Å². The molecule has 2 amide bonds. The third kappa shape index (κ3) is 7.64. The molecular weight excluding hydrogens is 574 g/mol. The van der Waals surface area contributed by atoms with Crippen molar-refractivity contribution in [1.82, 2.24) is 15.5 Å². The second-order valence-electron chi connectivity index (χ2n) is 12.4. The van der Waals surface area contributed by atoms with Crippen LogP contribution < -0.4 is 15.4 Å². The third-order valence-electron chi connectivity index (χ3n) is 8.63. The number of fused-ring (bicyclic) bond motifs is 1. The van der Waals surface area contributed by atoms with E-state index in [-0.39, 0.29) is 36.1 Å². The summed E-state index contributed by atoms with van der Waals surface area (Å²) >= 11 is 1.69. The topological polar surface area (TPSA) is 111 Å². The van der Waals surface area contributed by atoms with E-state index in [1.807, 2.05) is 90.7 Å². The number of carbonyl (C=O) groups excluding carboxylic acids is 2. The summed E-state index contributed by atoms with van der Waals surface area (Å²) in [7, 11) is 0. The maximum atomic E-state index is 13.8. The van der Waals surface area contributed by atoms with Crippen LogP contribution >= 0.6 is 11.8 Å². The number of para-hydroxylation sites is 1. The van der Waals surface area contributed by atoms with Gasteiger partial charge in [-0.15, -0.1) is 11.8 Å². The highest BCUT2D eigenvalue weighted by Crippen LogP contribution is 2.40. The number of nitrogens with one attached hydrogen (secondary N) is 2. The van der Waals surface area contributed by atoms with Gasteiger partial charge < -0.3 is 25.6 Å². The highest BCUT2D eigenvalue weighted by Gasteiger charge is 2.46. The SMILES string of the molecule is Cc1ccccc1CNC(=O)[C@H]1N(C[C@@H](O)C[C@@H](Cc2ccccc2)C(=O)N[C@H]2c3ccccc3OC[C@H]2O)CSC1(C)C. The summed E-state index contributed by atoms with van der Waals surface area (Å²) in [6, 6.07) is 24.1. The number of amides is 2. The summed E-state index contributed by atoms with van der Waals surface area (Å²) in [5, 5.41) is 28.3. The molecule has 2 aliphatic rings. The van der Waals surface area contributed by atoms with Crippen LogP contribution in [0.2, 0.25) is 0 Å². The summed E-state index contributed by atoms with van der Waals surface area (Å²) in [5.74, 6) is 0.390. The van der Waals surface area contributed by atoms with Gasteiger partial charge in [-0.1, -0.05) is 72.8 Å². The zero-order valence-corrected chi connectivity index (χ0v) is 26.4. The number of rotatable bonds is 11. The van der Waals surface area contributed by atoms with E-state index in [0.717, 1.165) is 22.3 Å². The lowest BCUT2D eigenvalue weighted by atomic mass is 9.90. The molecule has 0 aromatic heterocycles. The van der Waals surface area contributed by atoms with Crippen molar-refractivity contribution in [2.45, 2.75) is 69.2 Å². The van der Waals surface area contributed by atoms with Crippen LogP contribution in [0.5, 0.6) is 5.75 Å². The molecule has 234 valence electrons. The van der Waals surface area contributed by atoms with E-state index in [9.17, 15) is 19.8 Å². The summed E-state index contributed by atoms with van der Waals surface area (Å²) in [5.41, 5.74) is 3.91. The normalized spacial score (nSPS) is 22.3. The summed E-state index contributed by atoms with van der Waals surface area (Å²) < 4.78 is 5.31. The number of β-amino-alcohol motifs (C(OH)–C–C–N with tert-alkyl or cyclic N) is 1. The predicted molar refractivity (Wildman–Crippen MR) is 173 cm³/mol. The first kappa shape index (κ1) is 32.0. The van der Waals surface area contributed by atoms with E-state index in [2.05, 4.69) is 24.5 Å². The minimum absolute atomic E-state index is 0.0683. The summed E-state index contributed by atoms with van der Waals surface area (Å²) in [4.78, 5) is 29.4. The molecule has 2 aliphatic heterocycles. The average Bonchev–Trinajstić information content (AvgIpc) is 3.31. The van der Waals surface area contributed by atoms with Crippen molar-refractivity contribution in [1.29, 1.82) is 0 Å². The van der Waals surface area contributed by atoms with Crippen molar-refractivity contribution >= 4 is 23.6 Å². The number of benzene rings is 3. The number of hydrogen-bond donors (Lipinski definition) is 4. The Hall–Kier alpha value is -3.37. The van der Waals surface area contributed by atoms with Gasteiger partial charge in [0.25, 0.3) is 0 Å². The number of ether oxygens (including phenoxy) is 1. The Morgan fingerprint density at radius 1 is 1.05 bits per heavy atom. The molecule has 5 rings (SSSR count). The zero-order valence-electron chi connectivity index (χ0n) is 25.6. The van der Waals surface area contributed by atoms with Crippen molar-refractivity contribution in [3.05, 3.63) is 101 Å². The number of nitrogens with zero attached hydrogens (tertiary/aromatic N) is 1. The van der Waals surface area contributed by atoms with Gasteiger partial charge in [0, 0.05) is 35.2 Å². The zero-order chi connectivity index (χ0) is 31.3. The molecule has 9 heteroatoms. The maximum absolute atomic E-state index is 13.8. The number of aryl methyl sites for hydroxylation is 1. The van der Waals surface area contributed by atoms with Crippen LogP contribution in [-0.4, -0.2) is 69.0 Å². The first-order valence-corrected chi connectivity index (χ1v) is 16.2. The van der Waals surface area contributed by atoms with Crippen LogP contribution in [0.1, 0.15) is 48.6 Å². The van der Waals surface area contributed by atoms with Gasteiger partial charge in [0.15, 0.2) is 0 Å². The molecule has 0 radical (unpaired) electrons. The largest absolute Gasteiger partial charge is 0.490 e. The van der Waals surface area contributed by atoms with Crippen molar-refractivity contribution in [2.75, 3.05) is 19.0 Å². The van der Waals surface area contributed by atoms with E-state index in [0.29, 0.717) is 24.6 Å². The van der Waals surface area contributed by atoms with Gasteiger partial charge in [-0.05, 0) is 56.4 Å². The molecule has 44 heavy (non-hydrogen) atoms. The first-order chi connectivity index (χ1) is 21.1. The van der Waals surface area contributed by atoms with E-state index in [1.54, 1.807) is 11.8 Å². The smallest absolute Gasteiger partial charge is 0.239 e. The monoisotopic (exact) mass is 617 g/mol. The standard InChI is InChI=1S/C35H43N3O5S/c1-23-11-7-8-14-25(23)19-36-34(42)32-35(2,3)44-22-38(32)20-27(39)18-26(17-24-12-5-4-6-13-24)33(41)37-31-28-15-9-10-16-30(28)43-21-29(31)40/h4-16,26-27,29,31-32,39-40H,17-22H2,1-3H3,(H,36,42)(H,37,41)/t26-,27+,29-,31+,32-/m1/s1. The van der Waals surface area contributed by atoms with Gasteiger partial charge in [-0.25, -0.2) is 0 Å². The number of thioether (sulfide) groups is 1. The Kier molecular flexibility index (Phi) is 10.3. The van der Waals surface area contributed by atoms with Gasteiger partial charge >= 0.3 is 0 Å². The number of hydrogen-bond acceptors (Lipinski definition) is 7. The van der Waals surface area contributed by atoms with Crippen molar-refractivity contribution in [3.8, 4) is 5.75 Å². The van der Waals surface area contributed by atoms with Crippen LogP contribution in [0.25, 0.3) is 0 Å². The molecule has 1 fully saturated rings. The highest BCUT2D eigenvalue weighted by atomic mass is 32.2. The Bertz CT molecular complexity index is 1430. The minimum atomic E-state index is -0.890. The molecule has 0 unspecified atom stereocenters. The van der Waals surface area contributed by atoms with Crippen molar-refractivity contribution < 1.29 is 24.5 Å². The molecule has 5 atom stereocenters. The van der Waals surface area contributed by atoms with Crippen LogP contribution in [0, 0.1) is 12.8 Å². The Labute approximate surface area is 264 Å². The number of aliphatic hydroxyl groups is 2. The van der Waals surface area contributed by atoms with Gasteiger partial charge in [0.05, 0.1) is 12.1 Å². The predicted octanol–water partition coefficient (Wildman–Crippen LogP) is 3.99. The Balaban J connectivity index is 1.28. The lowest BCUT2D eigenvalue weighted by Crippen LogP contribution is -2.53. The van der Waals surface area contributed by atoms with Crippen LogP contribution in [0.15, 0.2) is 78.9 Å². The lowest BCUT2D eigenvalue weighted by Gasteiger charge is -2.33. The van der Waals surface area contributed by atoms with E-state index in [4.69, 9.17) is 4.74 Å².